The van der Waals surface area contributed by atoms with E-state index in [1.54, 1.807) is 0 Å². The monoisotopic (exact) mass is 305 g/mol. The second-order valence-electron chi connectivity index (χ2n) is 3.47. The normalized spacial score (nSPS) is 10.4. The highest BCUT2D eigenvalue weighted by atomic mass is 79.9. The summed E-state index contributed by atoms with van der Waals surface area (Å²) in [5.41, 5.74) is 0.548. The summed E-state index contributed by atoms with van der Waals surface area (Å²) in [7, 11) is 0. The van der Waals surface area contributed by atoms with Gasteiger partial charge in [-0.25, -0.2) is 8.78 Å². The van der Waals surface area contributed by atoms with Crippen LogP contribution in [0.1, 0.15) is 12.5 Å². The smallest absolute Gasteiger partial charge is 0.191 e. The van der Waals surface area contributed by atoms with Gasteiger partial charge in [0.25, 0.3) is 0 Å². The lowest BCUT2D eigenvalue weighted by Gasteiger charge is -2.09. The van der Waals surface area contributed by atoms with Crippen LogP contribution in [0.5, 0.6) is 5.75 Å². The number of ether oxygens (including phenoxy) is 1. The molecular weight excluding hydrogens is 292 g/mol. The Morgan fingerprint density at radius 2 is 2.00 bits per heavy atom. The van der Waals surface area contributed by atoms with Crippen molar-refractivity contribution >= 4 is 15.9 Å². The molecule has 0 spiro atoms. The summed E-state index contributed by atoms with van der Waals surface area (Å²) in [5, 5.41) is 2.99. The Morgan fingerprint density at radius 1 is 1.41 bits per heavy atom. The minimum Gasteiger partial charge on any atom is -0.482 e. The molecule has 1 aromatic carbocycles. The van der Waals surface area contributed by atoms with Crippen molar-refractivity contribution in [2.24, 2.45) is 0 Å². The molecule has 0 unspecified atom stereocenters. The van der Waals surface area contributed by atoms with Crippen molar-refractivity contribution in [1.82, 2.24) is 5.32 Å². The third kappa shape index (κ3) is 4.44. The van der Waals surface area contributed by atoms with Crippen LogP contribution in [-0.2, 0) is 6.54 Å². The molecular formula is C12H14BrF2NO. The van der Waals surface area contributed by atoms with Gasteiger partial charge in [-0.15, -0.1) is 0 Å². The maximum atomic E-state index is 13.6. The van der Waals surface area contributed by atoms with Crippen LogP contribution in [0, 0.1) is 11.6 Å². The largest absolute Gasteiger partial charge is 0.482 e. The van der Waals surface area contributed by atoms with E-state index >= 15 is 0 Å². The Morgan fingerprint density at radius 3 is 2.47 bits per heavy atom. The molecule has 1 N–H and O–H groups in total. The molecule has 94 valence electrons. The SMILES string of the molecule is C=C(Br)COc1c(F)cc(CNCC)cc1F. The van der Waals surface area contributed by atoms with Gasteiger partial charge in [0.2, 0.25) is 0 Å². The molecule has 17 heavy (non-hydrogen) atoms. The Labute approximate surface area is 108 Å². The van der Waals surface area contributed by atoms with E-state index in [-0.39, 0.29) is 12.4 Å². The molecule has 0 aliphatic rings. The molecule has 0 amide bonds. The fraction of sp³-hybridized carbons (Fsp3) is 0.333. The van der Waals surface area contributed by atoms with Crippen LogP contribution in [0.2, 0.25) is 0 Å². The van der Waals surface area contributed by atoms with E-state index in [4.69, 9.17) is 4.74 Å². The molecule has 2 nitrogen and oxygen atoms in total. The zero-order valence-electron chi connectivity index (χ0n) is 9.53. The molecule has 1 aromatic rings. The number of nitrogens with one attached hydrogen (secondary N) is 1. The van der Waals surface area contributed by atoms with Crippen molar-refractivity contribution in [1.29, 1.82) is 0 Å². The van der Waals surface area contributed by atoms with Crippen molar-refractivity contribution in [2.75, 3.05) is 13.2 Å². The van der Waals surface area contributed by atoms with E-state index in [2.05, 4.69) is 27.8 Å². The number of hydrogen-bond acceptors (Lipinski definition) is 2. The molecule has 0 saturated heterocycles. The van der Waals surface area contributed by atoms with E-state index in [1.165, 1.54) is 12.1 Å². The molecule has 0 bridgehead atoms. The minimum atomic E-state index is -0.702. The molecule has 0 heterocycles. The molecule has 1 rings (SSSR count). The van der Waals surface area contributed by atoms with E-state index in [0.29, 0.717) is 16.6 Å². The Hall–Kier alpha value is -0.940. The van der Waals surface area contributed by atoms with Crippen LogP contribution in [0.15, 0.2) is 23.2 Å². The Bertz CT molecular complexity index is 386. The predicted octanol–water partition coefficient (Wildman–Crippen LogP) is 3.36. The summed E-state index contributed by atoms with van der Waals surface area (Å²) in [4.78, 5) is 0. The minimum absolute atomic E-state index is 0.0282. The quantitative estimate of drug-likeness (QED) is 0.870. The number of benzene rings is 1. The fourth-order valence-corrected chi connectivity index (χ4v) is 1.39. The first kappa shape index (κ1) is 14.1. The van der Waals surface area contributed by atoms with Gasteiger partial charge in [-0.05, 0) is 24.2 Å². The average Bonchev–Trinajstić information content (AvgIpc) is 2.24. The van der Waals surface area contributed by atoms with Gasteiger partial charge in [0.15, 0.2) is 17.4 Å². The third-order valence-corrected chi connectivity index (χ3v) is 2.24. The van der Waals surface area contributed by atoms with Crippen molar-refractivity contribution in [2.45, 2.75) is 13.5 Å². The van der Waals surface area contributed by atoms with Crippen LogP contribution < -0.4 is 10.1 Å². The highest BCUT2D eigenvalue weighted by Crippen LogP contribution is 2.24. The first-order chi connectivity index (χ1) is 8.04. The molecule has 0 radical (unpaired) electrons. The molecule has 5 heteroatoms. The van der Waals surface area contributed by atoms with E-state index in [0.717, 1.165) is 6.54 Å². The van der Waals surface area contributed by atoms with Crippen LogP contribution in [0.3, 0.4) is 0 Å². The topological polar surface area (TPSA) is 21.3 Å². The van der Waals surface area contributed by atoms with Crippen LogP contribution in [0.4, 0.5) is 8.78 Å². The van der Waals surface area contributed by atoms with Gasteiger partial charge in [-0.2, -0.15) is 0 Å². The van der Waals surface area contributed by atoms with Gasteiger partial charge < -0.3 is 10.1 Å². The molecule has 0 atom stereocenters. The summed E-state index contributed by atoms with van der Waals surface area (Å²) in [6.45, 7) is 6.64. The average molecular weight is 306 g/mol. The standard InChI is InChI=1S/C12H14BrF2NO/c1-3-16-6-9-4-10(14)12(11(15)5-9)17-7-8(2)13/h4-5,16H,2-3,6-7H2,1H3. The van der Waals surface area contributed by atoms with Gasteiger partial charge >= 0.3 is 0 Å². The van der Waals surface area contributed by atoms with Crippen molar-refractivity contribution in [3.05, 3.63) is 40.4 Å². The predicted molar refractivity (Wildman–Crippen MR) is 67.3 cm³/mol. The maximum absolute atomic E-state index is 13.6. The van der Waals surface area contributed by atoms with Gasteiger partial charge in [0.1, 0.15) is 6.61 Å². The molecule has 0 fully saturated rings. The zero-order valence-corrected chi connectivity index (χ0v) is 11.1. The number of hydrogen-bond donors (Lipinski definition) is 1. The number of halogens is 3. The zero-order chi connectivity index (χ0) is 12.8. The summed E-state index contributed by atoms with van der Waals surface area (Å²) >= 11 is 3.06. The van der Waals surface area contributed by atoms with Crippen LogP contribution in [0.25, 0.3) is 0 Å². The second-order valence-corrected chi connectivity index (χ2v) is 4.60. The molecule has 0 aliphatic carbocycles. The highest BCUT2D eigenvalue weighted by Gasteiger charge is 2.12. The lowest BCUT2D eigenvalue weighted by atomic mass is 10.2. The third-order valence-electron chi connectivity index (χ3n) is 2.01. The summed E-state index contributed by atoms with van der Waals surface area (Å²) in [6, 6.07) is 2.52. The van der Waals surface area contributed by atoms with Crippen LogP contribution in [-0.4, -0.2) is 13.2 Å². The summed E-state index contributed by atoms with van der Waals surface area (Å²) in [6.07, 6.45) is 0. The van der Waals surface area contributed by atoms with Gasteiger partial charge in [-0.3, -0.25) is 0 Å². The highest BCUT2D eigenvalue weighted by molar-refractivity contribution is 9.11. The van der Waals surface area contributed by atoms with E-state index in [1.807, 2.05) is 6.92 Å². The van der Waals surface area contributed by atoms with E-state index < -0.39 is 11.6 Å². The summed E-state index contributed by atoms with van der Waals surface area (Å²) in [5.74, 6) is -1.77. The number of rotatable bonds is 6. The molecule has 0 saturated carbocycles. The van der Waals surface area contributed by atoms with Crippen molar-refractivity contribution in [3.63, 3.8) is 0 Å². The molecule has 0 aliphatic heterocycles. The Kier molecular flexibility index (Phi) is 5.58. The van der Waals surface area contributed by atoms with Gasteiger partial charge in [0, 0.05) is 11.0 Å². The van der Waals surface area contributed by atoms with Gasteiger partial charge in [-0.1, -0.05) is 29.4 Å². The Balaban J connectivity index is 2.82. The first-order valence-corrected chi connectivity index (χ1v) is 5.98. The lowest BCUT2D eigenvalue weighted by molar-refractivity contribution is 0.318. The van der Waals surface area contributed by atoms with E-state index in [9.17, 15) is 8.78 Å². The fourth-order valence-electron chi connectivity index (χ4n) is 1.27. The first-order valence-electron chi connectivity index (χ1n) is 5.19. The van der Waals surface area contributed by atoms with Crippen molar-refractivity contribution < 1.29 is 13.5 Å². The maximum Gasteiger partial charge on any atom is 0.191 e. The lowest BCUT2D eigenvalue weighted by Crippen LogP contribution is -2.12. The van der Waals surface area contributed by atoms with Gasteiger partial charge in [0.05, 0.1) is 0 Å². The van der Waals surface area contributed by atoms with Crippen molar-refractivity contribution in [3.8, 4) is 5.75 Å². The van der Waals surface area contributed by atoms with Crippen LogP contribution >= 0.6 is 15.9 Å². The summed E-state index contributed by atoms with van der Waals surface area (Å²) < 4.78 is 32.6. The molecule has 0 aromatic heterocycles. The second kappa shape index (κ2) is 6.71.